The molecule has 0 spiro atoms. The smallest absolute Gasteiger partial charge is 0.260 e. The van der Waals surface area contributed by atoms with Crippen molar-refractivity contribution in [3.05, 3.63) is 46.6 Å². The first-order valence-corrected chi connectivity index (χ1v) is 9.96. The highest BCUT2D eigenvalue weighted by atomic mass is 35.5. The first kappa shape index (κ1) is 26.9. The molecule has 1 saturated heterocycles. The minimum atomic E-state index is -0.532. The van der Waals surface area contributed by atoms with E-state index in [9.17, 15) is 4.79 Å². The number of halogens is 3. The molecular weight excluding hydrogens is 479 g/mol. The number of nitrogens with two attached hydrogens (primary N) is 3. The van der Waals surface area contributed by atoms with Crippen LogP contribution in [0.2, 0.25) is 0 Å². The number of primary amides is 1. The third kappa shape index (κ3) is 5.78. The van der Waals surface area contributed by atoms with E-state index in [1.807, 2.05) is 30.4 Å². The number of carbonyl (C=O) groups is 1. The molecule has 3 aromatic rings. The van der Waals surface area contributed by atoms with Crippen molar-refractivity contribution in [3.63, 3.8) is 0 Å². The Morgan fingerprint density at radius 2 is 1.77 bits per heavy atom. The highest BCUT2D eigenvalue weighted by Crippen LogP contribution is 2.37. The Morgan fingerprint density at radius 1 is 1.13 bits per heavy atom. The van der Waals surface area contributed by atoms with Crippen LogP contribution < -0.4 is 22.1 Å². The summed E-state index contributed by atoms with van der Waals surface area (Å²) in [4.78, 5) is 23.9. The molecule has 1 aliphatic rings. The number of aromatic nitrogens is 2. The molecule has 0 aromatic carbocycles. The first-order valence-electron chi connectivity index (χ1n) is 9.14. The number of hydrogen-bond donors (Lipinski definition) is 3. The Labute approximate surface area is 203 Å². The Balaban J connectivity index is 0.00000160. The number of piperidine rings is 1. The molecule has 6 N–H and O–H groups in total. The van der Waals surface area contributed by atoms with Crippen molar-refractivity contribution in [1.82, 2.24) is 9.97 Å². The quantitative estimate of drug-likeness (QED) is 0.498. The second-order valence-electron chi connectivity index (χ2n) is 6.90. The van der Waals surface area contributed by atoms with Gasteiger partial charge in [-0.25, -0.2) is 4.98 Å². The number of thiophene rings is 1. The normalized spacial score (nSPS) is 14.0. The lowest BCUT2D eigenvalue weighted by atomic mass is 10.1. The van der Waals surface area contributed by atoms with E-state index in [1.54, 1.807) is 12.4 Å². The van der Waals surface area contributed by atoms with Crippen LogP contribution in [0.4, 0.5) is 11.5 Å². The van der Waals surface area contributed by atoms with Crippen LogP contribution in [-0.2, 0) is 0 Å². The number of pyridine rings is 2. The molecule has 31 heavy (non-hydrogen) atoms. The zero-order valence-corrected chi connectivity index (χ0v) is 19.8. The van der Waals surface area contributed by atoms with E-state index in [0.29, 0.717) is 15.4 Å². The molecule has 3 aromatic heterocycles. The number of nitrogen functional groups attached to an aromatic ring is 1. The maximum absolute atomic E-state index is 11.8. The van der Waals surface area contributed by atoms with Gasteiger partial charge in [0.1, 0.15) is 15.5 Å². The number of carbonyl (C=O) groups excluding carboxylic acids is 1. The van der Waals surface area contributed by atoms with Crippen LogP contribution in [0.25, 0.3) is 22.4 Å². The highest BCUT2D eigenvalue weighted by Gasteiger charge is 2.22. The van der Waals surface area contributed by atoms with Gasteiger partial charge in [0.25, 0.3) is 5.91 Å². The molecule has 0 unspecified atom stereocenters. The number of amides is 1. The Hall–Kier alpha value is -2.10. The highest BCUT2D eigenvalue weighted by molar-refractivity contribution is 7.21. The van der Waals surface area contributed by atoms with Gasteiger partial charge >= 0.3 is 0 Å². The molecule has 0 aliphatic carbocycles. The van der Waals surface area contributed by atoms with Gasteiger partial charge in [-0.15, -0.1) is 48.6 Å². The Bertz CT molecular complexity index is 1050. The summed E-state index contributed by atoms with van der Waals surface area (Å²) >= 11 is 1.24. The van der Waals surface area contributed by atoms with E-state index in [4.69, 9.17) is 22.2 Å². The number of anilines is 2. The van der Waals surface area contributed by atoms with Crippen LogP contribution in [-0.4, -0.2) is 35.0 Å². The second-order valence-corrected chi connectivity index (χ2v) is 7.90. The summed E-state index contributed by atoms with van der Waals surface area (Å²) in [6, 6.07) is 6.11. The van der Waals surface area contributed by atoms with Crippen LogP contribution >= 0.6 is 48.6 Å². The average Bonchev–Trinajstić information content (AvgIpc) is 3.04. The van der Waals surface area contributed by atoms with E-state index < -0.39 is 5.91 Å². The van der Waals surface area contributed by atoms with Gasteiger partial charge in [0.15, 0.2) is 0 Å². The molecule has 4 heterocycles. The third-order valence-corrected chi connectivity index (χ3v) is 6.08. The van der Waals surface area contributed by atoms with Crippen molar-refractivity contribution in [3.8, 4) is 0 Å². The van der Waals surface area contributed by atoms with Crippen molar-refractivity contribution >= 4 is 88.3 Å². The van der Waals surface area contributed by atoms with Crippen molar-refractivity contribution in [1.29, 1.82) is 0 Å². The number of nitrogens with zero attached hydrogens (tertiary/aromatic N) is 3. The van der Waals surface area contributed by atoms with E-state index in [0.717, 1.165) is 48.3 Å². The number of rotatable bonds is 4. The van der Waals surface area contributed by atoms with Crippen LogP contribution in [0.3, 0.4) is 0 Å². The summed E-state index contributed by atoms with van der Waals surface area (Å²) in [5, 5.41) is 0.765. The van der Waals surface area contributed by atoms with Crippen LogP contribution in [0.15, 0.2) is 30.6 Å². The molecule has 0 saturated carbocycles. The van der Waals surface area contributed by atoms with Gasteiger partial charge in [-0.1, -0.05) is 12.2 Å². The SMILES string of the molecule is Cl.Cl.Cl.NC(=O)c1sc2nc(N3CCC(N)CC3)cc(/C=C/c3ccncc3)c2c1N. The molecule has 1 aliphatic heterocycles. The summed E-state index contributed by atoms with van der Waals surface area (Å²) in [7, 11) is 0. The molecule has 11 heteroatoms. The zero-order valence-electron chi connectivity index (χ0n) is 16.6. The van der Waals surface area contributed by atoms with Crippen molar-refractivity contribution < 1.29 is 4.79 Å². The predicted molar refractivity (Wildman–Crippen MR) is 137 cm³/mol. The minimum Gasteiger partial charge on any atom is -0.397 e. The molecule has 0 bridgehead atoms. The summed E-state index contributed by atoms with van der Waals surface area (Å²) in [5.41, 5.74) is 20.1. The lowest BCUT2D eigenvalue weighted by Crippen LogP contribution is -2.40. The van der Waals surface area contributed by atoms with Gasteiger partial charge in [0.2, 0.25) is 0 Å². The molecule has 1 amide bonds. The van der Waals surface area contributed by atoms with E-state index in [2.05, 4.69) is 9.88 Å². The molecule has 7 nitrogen and oxygen atoms in total. The van der Waals surface area contributed by atoms with Crippen molar-refractivity contribution in [2.24, 2.45) is 11.5 Å². The number of hydrogen-bond acceptors (Lipinski definition) is 7. The lowest BCUT2D eigenvalue weighted by molar-refractivity contribution is 0.100. The lowest BCUT2D eigenvalue weighted by Gasteiger charge is -2.31. The van der Waals surface area contributed by atoms with E-state index in [1.165, 1.54) is 11.3 Å². The van der Waals surface area contributed by atoms with Gasteiger partial charge in [0.05, 0.1) is 5.69 Å². The van der Waals surface area contributed by atoms with Crippen molar-refractivity contribution in [2.45, 2.75) is 18.9 Å². The Kier molecular flexibility index (Phi) is 9.99. The monoisotopic (exact) mass is 502 g/mol. The summed E-state index contributed by atoms with van der Waals surface area (Å²) in [5.74, 6) is 0.334. The first-order chi connectivity index (χ1) is 13.5. The average molecular weight is 504 g/mol. The Morgan fingerprint density at radius 3 is 2.39 bits per heavy atom. The zero-order chi connectivity index (χ0) is 19.7. The fraction of sp³-hybridized carbons (Fsp3) is 0.250. The molecule has 4 rings (SSSR count). The molecular formula is C20H25Cl3N6OS. The number of fused-ring (bicyclic) bond motifs is 1. The predicted octanol–water partition coefficient (Wildman–Crippen LogP) is 3.74. The maximum atomic E-state index is 11.8. The van der Waals surface area contributed by atoms with Crippen LogP contribution in [0.5, 0.6) is 0 Å². The maximum Gasteiger partial charge on any atom is 0.260 e. The van der Waals surface area contributed by atoms with Gasteiger partial charge in [-0.05, 0) is 42.2 Å². The largest absolute Gasteiger partial charge is 0.397 e. The van der Waals surface area contributed by atoms with Gasteiger partial charge in [-0.3, -0.25) is 9.78 Å². The fourth-order valence-electron chi connectivity index (χ4n) is 3.40. The molecule has 0 atom stereocenters. The molecule has 1 fully saturated rings. The van der Waals surface area contributed by atoms with Gasteiger partial charge in [0, 0.05) is 36.9 Å². The van der Waals surface area contributed by atoms with Gasteiger partial charge in [-0.2, -0.15) is 0 Å². The fourth-order valence-corrected chi connectivity index (χ4v) is 4.38. The molecule has 0 radical (unpaired) electrons. The van der Waals surface area contributed by atoms with Crippen LogP contribution in [0, 0.1) is 0 Å². The standard InChI is InChI=1S/C20H22N6OS.3ClH/c21-14-5-9-26(10-6-14)15-11-13(2-1-12-3-7-24-8-4-12)16-17(22)18(19(23)27)28-20(16)25-15;;;/h1-4,7-8,11,14H,5-6,9-10,21-22H2,(H2,23,27);3*1H/b2-1+;;;. The summed E-state index contributed by atoms with van der Waals surface area (Å²) in [6.07, 6.45) is 9.34. The third-order valence-electron chi connectivity index (χ3n) is 4.96. The summed E-state index contributed by atoms with van der Waals surface area (Å²) < 4.78 is 0. The van der Waals surface area contributed by atoms with Crippen molar-refractivity contribution in [2.75, 3.05) is 23.7 Å². The van der Waals surface area contributed by atoms with E-state index in [-0.39, 0.29) is 43.3 Å². The van der Waals surface area contributed by atoms with Gasteiger partial charge < -0.3 is 22.1 Å². The second kappa shape index (κ2) is 11.5. The van der Waals surface area contributed by atoms with E-state index >= 15 is 0 Å². The molecule has 168 valence electrons. The topological polar surface area (TPSA) is 124 Å². The minimum absolute atomic E-state index is 0. The summed E-state index contributed by atoms with van der Waals surface area (Å²) in [6.45, 7) is 1.72. The van der Waals surface area contributed by atoms with Crippen LogP contribution in [0.1, 0.15) is 33.6 Å².